The van der Waals surface area contributed by atoms with Gasteiger partial charge in [-0.1, -0.05) is 11.2 Å². The molecule has 0 aliphatic heterocycles. The first-order valence-electron chi connectivity index (χ1n) is 5.79. The number of para-hydroxylation sites is 1. The first-order valence-corrected chi connectivity index (χ1v) is 7.68. The third-order valence-corrected chi connectivity index (χ3v) is 3.71. The highest BCUT2D eigenvalue weighted by atomic mass is 32.2. The zero-order valence-electron chi connectivity index (χ0n) is 11.2. The third kappa shape index (κ3) is 3.34. The number of hydrogen-bond acceptors (Lipinski definition) is 8. The Labute approximate surface area is 120 Å². The summed E-state index contributed by atoms with van der Waals surface area (Å²) in [5.41, 5.74) is -0.435. The van der Waals surface area contributed by atoms with E-state index in [4.69, 9.17) is 4.52 Å². The fraction of sp³-hybridized carbons (Fsp3) is 0.273. The number of nitro groups is 1. The van der Waals surface area contributed by atoms with Crippen LogP contribution in [0.1, 0.15) is 11.7 Å². The maximum atomic E-state index is 11.6. The summed E-state index contributed by atoms with van der Waals surface area (Å²) in [6.45, 7) is 1.69. The smallest absolute Gasteiger partial charge is 0.310 e. The minimum Gasteiger partial charge on any atom is -0.371 e. The first-order chi connectivity index (χ1) is 9.79. The lowest BCUT2D eigenvalue weighted by Gasteiger charge is -2.07. The third-order valence-electron chi connectivity index (χ3n) is 2.58. The molecule has 2 rings (SSSR count). The van der Waals surface area contributed by atoms with Crippen molar-refractivity contribution in [3.8, 4) is 0 Å². The van der Waals surface area contributed by atoms with Crippen molar-refractivity contribution >= 4 is 21.2 Å². The topological polar surface area (TPSA) is 128 Å². The van der Waals surface area contributed by atoms with Gasteiger partial charge < -0.3 is 9.84 Å². The number of benzene rings is 1. The first kappa shape index (κ1) is 14.9. The van der Waals surface area contributed by atoms with Gasteiger partial charge in [-0.05, 0) is 19.1 Å². The van der Waals surface area contributed by atoms with Gasteiger partial charge in [-0.3, -0.25) is 10.1 Å². The standard InChI is InChI=1S/C11H12N4O5S/c1-7-13-10(20-14-7)6-12-8-4-3-5-9(21(2,18)19)11(8)15(16)17/h3-5,12H,6H2,1-2H3. The summed E-state index contributed by atoms with van der Waals surface area (Å²) >= 11 is 0. The van der Waals surface area contributed by atoms with Gasteiger partial charge in [-0.25, -0.2) is 8.42 Å². The van der Waals surface area contributed by atoms with Crippen molar-refractivity contribution < 1.29 is 17.9 Å². The number of rotatable bonds is 5. The van der Waals surface area contributed by atoms with E-state index in [1.165, 1.54) is 18.2 Å². The molecule has 0 unspecified atom stereocenters. The maximum Gasteiger partial charge on any atom is 0.310 e. The van der Waals surface area contributed by atoms with Gasteiger partial charge in [0.1, 0.15) is 10.6 Å². The molecule has 1 N–H and O–H groups in total. The Morgan fingerprint density at radius 2 is 2.14 bits per heavy atom. The van der Waals surface area contributed by atoms with Gasteiger partial charge in [0.2, 0.25) is 5.89 Å². The van der Waals surface area contributed by atoms with E-state index < -0.39 is 20.4 Å². The number of hydrogen-bond donors (Lipinski definition) is 1. The lowest BCUT2D eigenvalue weighted by atomic mass is 10.2. The molecule has 1 aromatic carbocycles. The van der Waals surface area contributed by atoms with Crippen molar-refractivity contribution in [2.24, 2.45) is 0 Å². The molecule has 0 saturated heterocycles. The second-order valence-electron chi connectivity index (χ2n) is 4.27. The van der Waals surface area contributed by atoms with Gasteiger partial charge in [-0.2, -0.15) is 4.98 Å². The van der Waals surface area contributed by atoms with Gasteiger partial charge >= 0.3 is 5.69 Å². The van der Waals surface area contributed by atoms with E-state index in [1.807, 2.05) is 0 Å². The molecule has 0 spiro atoms. The van der Waals surface area contributed by atoms with Crippen molar-refractivity contribution in [3.05, 3.63) is 40.0 Å². The Kier molecular flexibility index (Phi) is 3.89. The predicted octanol–water partition coefficient (Wildman–Crippen LogP) is 1.30. The maximum absolute atomic E-state index is 11.6. The van der Waals surface area contributed by atoms with Crippen LogP contribution in [0.2, 0.25) is 0 Å². The Morgan fingerprint density at radius 1 is 1.43 bits per heavy atom. The molecule has 21 heavy (non-hydrogen) atoms. The van der Waals surface area contributed by atoms with Crippen LogP contribution in [-0.4, -0.2) is 29.7 Å². The molecule has 1 aromatic heterocycles. The zero-order valence-corrected chi connectivity index (χ0v) is 12.0. The minimum atomic E-state index is -3.71. The molecular formula is C11H12N4O5S. The average Bonchev–Trinajstić information content (AvgIpc) is 2.80. The van der Waals surface area contributed by atoms with Crippen molar-refractivity contribution in [2.45, 2.75) is 18.4 Å². The van der Waals surface area contributed by atoms with Crippen LogP contribution >= 0.6 is 0 Å². The highest BCUT2D eigenvalue weighted by Gasteiger charge is 2.26. The molecule has 1 heterocycles. The summed E-state index contributed by atoms with van der Waals surface area (Å²) in [5.74, 6) is 0.678. The Hall–Kier alpha value is -2.49. The largest absolute Gasteiger partial charge is 0.371 e. The van der Waals surface area contributed by atoms with Crippen LogP contribution in [0.25, 0.3) is 0 Å². The van der Waals surface area contributed by atoms with Gasteiger partial charge in [0, 0.05) is 6.26 Å². The Balaban J connectivity index is 2.37. The van der Waals surface area contributed by atoms with E-state index in [9.17, 15) is 18.5 Å². The second kappa shape index (κ2) is 5.48. The van der Waals surface area contributed by atoms with Crippen LogP contribution in [0.15, 0.2) is 27.6 Å². The van der Waals surface area contributed by atoms with Crippen LogP contribution < -0.4 is 5.32 Å². The second-order valence-corrected chi connectivity index (χ2v) is 6.25. The molecule has 0 aliphatic carbocycles. The molecule has 10 heteroatoms. The van der Waals surface area contributed by atoms with Crippen LogP contribution in [0, 0.1) is 17.0 Å². The predicted molar refractivity (Wildman–Crippen MR) is 72.6 cm³/mol. The van der Waals surface area contributed by atoms with E-state index in [0.717, 1.165) is 6.26 Å². The number of aromatic nitrogens is 2. The molecule has 0 atom stereocenters. The van der Waals surface area contributed by atoms with Crippen molar-refractivity contribution in [1.82, 2.24) is 10.1 Å². The summed E-state index contributed by atoms with van der Waals surface area (Å²) in [7, 11) is -3.71. The van der Waals surface area contributed by atoms with Gasteiger partial charge in [-0.15, -0.1) is 0 Å². The summed E-state index contributed by atoms with van der Waals surface area (Å²) in [6, 6.07) is 4.02. The van der Waals surface area contributed by atoms with Crippen LogP contribution in [-0.2, 0) is 16.4 Å². The molecule has 0 fully saturated rings. The molecule has 0 bridgehead atoms. The number of nitrogens with one attached hydrogen (secondary N) is 1. The summed E-state index contributed by atoms with van der Waals surface area (Å²) in [4.78, 5) is 14.0. The molecule has 9 nitrogen and oxygen atoms in total. The fourth-order valence-corrected chi connectivity index (χ4v) is 2.60. The monoisotopic (exact) mass is 312 g/mol. The summed E-state index contributed by atoms with van der Waals surface area (Å²) < 4.78 is 28.1. The van der Waals surface area contributed by atoms with Crippen molar-refractivity contribution in [1.29, 1.82) is 0 Å². The highest BCUT2D eigenvalue weighted by Crippen LogP contribution is 2.32. The zero-order chi connectivity index (χ0) is 15.6. The minimum absolute atomic E-state index is 0.0505. The Morgan fingerprint density at radius 3 is 2.67 bits per heavy atom. The van der Waals surface area contributed by atoms with Crippen molar-refractivity contribution in [3.63, 3.8) is 0 Å². The van der Waals surface area contributed by atoms with E-state index in [2.05, 4.69) is 15.5 Å². The molecule has 2 aromatic rings. The highest BCUT2D eigenvalue weighted by molar-refractivity contribution is 7.90. The van der Waals surface area contributed by atoms with Gasteiger partial charge in [0.15, 0.2) is 15.7 Å². The normalized spacial score (nSPS) is 11.3. The molecule has 112 valence electrons. The van der Waals surface area contributed by atoms with Crippen LogP contribution in [0.3, 0.4) is 0 Å². The van der Waals surface area contributed by atoms with Gasteiger partial charge in [0.25, 0.3) is 0 Å². The van der Waals surface area contributed by atoms with Gasteiger partial charge in [0.05, 0.1) is 11.5 Å². The van der Waals surface area contributed by atoms with Crippen molar-refractivity contribution in [2.75, 3.05) is 11.6 Å². The fourth-order valence-electron chi connectivity index (χ4n) is 1.74. The number of aryl methyl sites for hydroxylation is 1. The quantitative estimate of drug-likeness (QED) is 0.646. The molecule has 0 radical (unpaired) electrons. The number of nitrogens with zero attached hydrogens (tertiary/aromatic N) is 3. The number of sulfone groups is 1. The van der Waals surface area contributed by atoms with Crippen LogP contribution in [0.5, 0.6) is 0 Å². The van der Waals surface area contributed by atoms with Crippen LogP contribution in [0.4, 0.5) is 11.4 Å². The lowest BCUT2D eigenvalue weighted by molar-refractivity contribution is -0.386. The van der Waals surface area contributed by atoms with E-state index >= 15 is 0 Å². The van der Waals surface area contributed by atoms with E-state index in [1.54, 1.807) is 6.92 Å². The molecule has 0 saturated carbocycles. The Bertz CT molecular complexity index is 784. The van der Waals surface area contributed by atoms with E-state index in [0.29, 0.717) is 5.82 Å². The average molecular weight is 312 g/mol. The summed E-state index contributed by atoms with van der Waals surface area (Å²) in [5, 5.41) is 17.5. The number of nitro benzene ring substituents is 1. The molecular weight excluding hydrogens is 300 g/mol. The molecule has 0 amide bonds. The summed E-state index contributed by atoms with van der Waals surface area (Å²) in [6.07, 6.45) is 0.917. The lowest BCUT2D eigenvalue weighted by Crippen LogP contribution is -2.08. The van der Waals surface area contributed by atoms with E-state index in [-0.39, 0.29) is 23.0 Å². The number of anilines is 1. The SMILES string of the molecule is Cc1noc(CNc2cccc(S(C)(=O)=O)c2[N+](=O)[O-])n1. The molecule has 0 aliphatic rings.